The Morgan fingerprint density at radius 1 is 0.594 bits per heavy atom. The van der Waals surface area contributed by atoms with Crippen LogP contribution in [0.25, 0.3) is 0 Å². The van der Waals surface area contributed by atoms with E-state index in [1.54, 1.807) is 60.7 Å². The van der Waals surface area contributed by atoms with Gasteiger partial charge in [-0.15, -0.1) is 0 Å². The molecule has 0 fully saturated rings. The molecule has 0 amide bonds. The third-order valence-electron chi connectivity index (χ3n) is 5.37. The minimum Gasteiger partial charge on any atom is -0.390 e. The van der Waals surface area contributed by atoms with Crippen LogP contribution in [0.15, 0.2) is 121 Å². The van der Waals surface area contributed by atoms with Gasteiger partial charge in [-0.2, -0.15) is 0 Å². The predicted molar refractivity (Wildman–Crippen MR) is 122 cm³/mol. The summed E-state index contributed by atoms with van der Waals surface area (Å²) in [6.07, 6.45) is 0. The van der Waals surface area contributed by atoms with Gasteiger partial charge in [0.2, 0.25) is 5.60 Å². The van der Waals surface area contributed by atoms with Gasteiger partial charge in [-0.25, -0.2) is 4.79 Å². The van der Waals surface area contributed by atoms with E-state index in [2.05, 4.69) is 0 Å². The van der Waals surface area contributed by atoms with Gasteiger partial charge in [0.25, 0.3) is 0 Å². The number of hydrogen-bond acceptors (Lipinski definition) is 4. The van der Waals surface area contributed by atoms with Crippen LogP contribution in [0.3, 0.4) is 0 Å². The summed E-state index contributed by atoms with van der Waals surface area (Å²) in [5.41, 5.74) is -0.102. The van der Waals surface area contributed by atoms with Gasteiger partial charge >= 0.3 is 11.9 Å². The van der Waals surface area contributed by atoms with Gasteiger partial charge in [-0.1, -0.05) is 121 Å². The highest BCUT2D eigenvalue weighted by Gasteiger charge is 2.43. The van der Waals surface area contributed by atoms with E-state index in [0.29, 0.717) is 22.3 Å². The van der Waals surface area contributed by atoms with Crippen molar-refractivity contribution in [3.8, 4) is 0 Å². The van der Waals surface area contributed by atoms with Gasteiger partial charge < -0.3 is 9.84 Å². The molecule has 0 spiro atoms. The van der Waals surface area contributed by atoms with Crippen molar-refractivity contribution < 1.29 is 19.4 Å². The van der Waals surface area contributed by atoms with Gasteiger partial charge in [0.05, 0.1) is 0 Å². The van der Waals surface area contributed by atoms with Crippen molar-refractivity contribution in [1.29, 1.82) is 0 Å². The summed E-state index contributed by atoms with van der Waals surface area (Å²) in [6.45, 7) is 0. The minimum atomic E-state index is -2.13. The number of benzene rings is 4. The van der Waals surface area contributed by atoms with Crippen molar-refractivity contribution in [2.45, 2.75) is 11.5 Å². The summed E-state index contributed by atoms with van der Waals surface area (Å²) in [4.78, 5) is 26.7. The van der Waals surface area contributed by atoms with Crippen LogP contribution in [-0.4, -0.2) is 17.0 Å². The van der Waals surface area contributed by atoms with Gasteiger partial charge in [0.1, 0.15) is 5.92 Å². The summed E-state index contributed by atoms with van der Waals surface area (Å²) in [6, 6.07) is 35.2. The lowest BCUT2D eigenvalue weighted by molar-refractivity contribution is -0.172. The second-order valence-electron chi connectivity index (χ2n) is 7.41. The van der Waals surface area contributed by atoms with Crippen molar-refractivity contribution in [2.75, 3.05) is 0 Å². The van der Waals surface area contributed by atoms with E-state index in [1.807, 2.05) is 60.7 Å². The van der Waals surface area contributed by atoms with Crippen molar-refractivity contribution in [3.05, 3.63) is 144 Å². The molecule has 4 nitrogen and oxygen atoms in total. The molecule has 0 atom stereocenters. The zero-order chi connectivity index (χ0) is 22.4. The van der Waals surface area contributed by atoms with E-state index in [9.17, 15) is 14.7 Å². The SMILES string of the molecule is O=C(OC(=O)C(O)(c1ccccc1)c1ccccc1)C(c1ccccc1)c1ccccc1. The van der Waals surface area contributed by atoms with Gasteiger partial charge in [0.15, 0.2) is 0 Å². The molecule has 0 aliphatic rings. The summed E-state index contributed by atoms with van der Waals surface area (Å²) in [7, 11) is 0. The Balaban J connectivity index is 1.72. The maximum atomic E-state index is 13.4. The lowest BCUT2D eigenvalue weighted by atomic mass is 9.86. The normalized spacial score (nSPS) is 11.2. The fourth-order valence-electron chi connectivity index (χ4n) is 3.74. The number of carbonyl (C=O) groups is 2. The lowest BCUT2D eigenvalue weighted by Gasteiger charge is -2.27. The first-order valence-corrected chi connectivity index (χ1v) is 10.3. The van der Waals surface area contributed by atoms with E-state index in [4.69, 9.17) is 4.74 Å². The van der Waals surface area contributed by atoms with Crippen molar-refractivity contribution in [3.63, 3.8) is 0 Å². The molecular weight excluding hydrogens is 400 g/mol. The van der Waals surface area contributed by atoms with Gasteiger partial charge in [-0.3, -0.25) is 4.79 Å². The number of hydrogen-bond donors (Lipinski definition) is 1. The molecule has 158 valence electrons. The number of esters is 2. The first kappa shape index (κ1) is 21.2. The monoisotopic (exact) mass is 422 g/mol. The molecule has 0 saturated heterocycles. The first-order valence-electron chi connectivity index (χ1n) is 10.3. The first-order chi connectivity index (χ1) is 15.6. The highest BCUT2D eigenvalue weighted by Crippen LogP contribution is 2.33. The third kappa shape index (κ3) is 4.22. The molecule has 4 rings (SSSR count). The lowest BCUT2D eigenvalue weighted by Crippen LogP contribution is -2.40. The summed E-state index contributed by atoms with van der Waals surface area (Å²) in [5, 5.41) is 11.6. The molecule has 4 heteroatoms. The number of rotatable bonds is 6. The number of aliphatic hydroxyl groups is 1. The fourth-order valence-corrected chi connectivity index (χ4v) is 3.74. The van der Waals surface area contributed by atoms with Crippen LogP contribution in [0.1, 0.15) is 28.2 Å². The quantitative estimate of drug-likeness (QED) is 0.357. The zero-order valence-electron chi connectivity index (χ0n) is 17.3. The van der Waals surface area contributed by atoms with Crippen LogP contribution in [-0.2, 0) is 19.9 Å². The molecule has 0 heterocycles. The average molecular weight is 422 g/mol. The predicted octanol–water partition coefficient (Wildman–Crippen LogP) is 4.82. The summed E-state index contributed by atoms with van der Waals surface area (Å²) in [5.74, 6) is -2.61. The molecule has 0 bridgehead atoms. The van der Waals surface area contributed by atoms with Gasteiger partial charge in [0, 0.05) is 0 Å². The van der Waals surface area contributed by atoms with Crippen molar-refractivity contribution in [1.82, 2.24) is 0 Å². The van der Waals surface area contributed by atoms with E-state index >= 15 is 0 Å². The molecule has 0 aromatic heterocycles. The van der Waals surface area contributed by atoms with Crippen LogP contribution in [0.2, 0.25) is 0 Å². The molecular formula is C28H22O4. The molecule has 1 N–H and O–H groups in total. The average Bonchev–Trinajstić information content (AvgIpc) is 2.86. The molecule has 0 saturated carbocycles. The molecule has 0 aliphatic heterocycles. The number of ether oxygens (including phenoxy) is 1. The molecule has 32 heavy (non-hydrogen) atoms. The summed E-state index contributed by atoms with van der Waals surface area (Å²) < 4.78 is 5.37. The van der Waals surface area contributed by atoms with Crippen LogP contribution in [0.4, 0.5) is 0 Å². The highest BCUT2D eigenvalue weighted by atomic mass is 16.6. The molecule has 0 radical (unpaired) electrons. The smallest absolute Gasteiger partial charge is 0.355 e. The summed E-state index contributed by atoms with van der Waals surface area (Å²) >= 11 is 0. The Morgan fingerprint density at radius 2 is 0.938 bits per heavy atom. The highest BCUT2D eigenvalue weighted by molar-refractivity contribution is 5.96. The second kappa shape index (κ2) is 9.41. The van der Waals surface area contributed by atoms with Gasteiger partial charge in [-0.05, 0) is 22.3 Å². The molecule has 0 unspecified atom stereocenters. The maximum Gasteiger partial charge on any atom is 0.355 e. The van der Waals surface area contributed by atoms with Crippen LogP contribution in [0.5, 0.6) is 0 Å². The van der Waals surface area contributed by atoms with Crippen molar-refractivity contribution in [2.24, 2.45) is 0 Å². The molecule has 0 aliphatic carbocycles. The van der Waals surface area contributed by atoms with E-state index in [-0.39, 0.29) is 0 Å². The fraction of sp³-hybridized carbons (Fsp3) is 0.0714. The largest absolute Gasteiger partial charge is 0.390 e. The maximum absolute atomic E-state index is 13.4. The topological polar surface area (TPSA) is 63.6 Å². The molecule has 4 aromatic rings. The second-order valence-corrected chi connectivity index (χ2v) is 7.41. The number of carbonyl (C=O) groups excluding carboxylic acids is 2. The van der Waals surface area contributed by atoms with Crippen LogP contribution >= 0.6 is 0 Å². The van der Waals surface area contributed by atoms with E-state index in [0.717, 1.165) is 0 Å². The third-order valence-corrected chi connectivity index (χ3v) is 5.37. The van der Waals surface area contributed by atoms with Crippen LogP contribution < -0.4 is 0 Å². The van der Waals surface area contributed by atoms with E-state index < -0.39 is 23.5 Å². The van der Waals surface area contributed by atoms with Crippen molar-refractivity contribution >= 4 is 11.9 Å². The Bertz CT molecular complexity index is 1090. The minimum absolute atomic E-state index is 0.319. The Hall–Kier alpha value is -4.02. The zero-order valence-corrected chi connectivity index (χ0v) is 17.3. The van der Waals surface area contributed by atoms with E-state index in [1.165, 1.54) is 0 Å². The Morgan fingerprint density at radius 3 is 1.31 bits per heavy atom. The van der Waals surface area contributed by atoms with Crippen LogP contribution in [0, 0.1) is 0 Å². The Labute approximate surface area is 186 Å². The molecule has 4 aromatic carbocycles. The Kier molecular flexibility index (Phi) is 6.24. The standard InChI is InChI=1S/C28H22O4/c29-26(25(21-13-5-1-6-14-21)22-15-7-2-8-16-22)32-27(30)28(31,23-17-9-3-10-18-23)24-19-11-4-12-20-24/h1-20,25,31H.